The average molecular weight is 442 g/mol. The Balaban J connectivity index is 2.24. The predicted molar refractivity (Wildman–Crippen MR) is 105 cm³/mol. The molecule has 1 unspecified atom stereocenters. The van der Waals surface area contributed by atoms with Gasteiger partial charge in [0.1, 0.15) is 11.3 Å². The van der Waals surface area contributed by atoms with Crippen LogP contribution in [-0.2, 0) is 22.7 Å². The lowest BCUT2D eigenvalue weighted by molar-refractivity contribution is -0.117. The number of aromatic nitrogens is 2. The minimum absolute atomic E-state index is 0.0359. The summed E-state index contributed by atoms with van der Waals surface area (Å²) in [7, 11) is 0. The molecule has 3 rings (SSSR count). The first-order valence-corrected chi connectivity index (χ1v) is 10.4. The number of carbonyl (C=O) groups excluding carboxylic acids is 1. The largest absolute Gasteiger partial charge is 0.372 e. The van der Waals surface area contributed by atoms with Crippen LogP contribution in [0.1, 0.15) is 44.7 Å². The van der Waals surface area contributed by atoms with Crippen molar-refractivity contribution in [2.24, 2.45) is 0 Å². The van der Waals surface area contributed by atoms with Crippen LogP contribution in [0.15, 0.2) is 9.63 Å². The maximum Gasteiger partial charge on any atom is 0.190 e. The van der Waals surface area contributed by atoms with Gasteiger partial charge in [0.2, 0.25) is 0 Å². The normalized spacial score (nSPS) is 14.5. The Labute approximate surface area is 164 Å². The van der Waals surface area contributed by atoms with E-state index in [0.29, 0.717) is 40.5 Å². The number of nitrogens with one attached hydrogen (secondary N) is 1. The molecule has 1 aliphatic rings. The number of hydrogen-bond acceptors (Lipinski definition) is 6. The maximum atomic E-state index is 15.0. The maximum absolute atomic E-state index is 15.0. The summed E-state index contributed by atoms with van der Waals surface area (Å²) in [5.41, 5.74) is 1.92. The van der Waals surface area contributed by atoms with Crippen molar-refractivity contribution < 1.29 is 13.9 Å². The van der Waals surface area contributed by atoms with Crippen molar-refractivity contribution in [1.29, 1.82) is 0 Å². The second-order valence-corrected chi connectivity index (χ2v) is 8.21. The smallest absolute Gasteiger partial charge is 0.190 e. The molecule has 5 nitrogen and oxygen atoms in total. The van der Waals surface area contributed by atoms with Crippen LogP contribution in [0.4, 0.5) is 10.2 Å². The number of benzene rings is 1. The first-order valence-electron chi connectivity index (χ1n) is 8.65. The number of anilines is 1. The molecule has 0 saturated heterocycles. The van der Waals surface area contributed by atoms with Crippen LogP contribution < -0.4 is 5.32 Å². The third kappa shape index (κ3) is 3.59. The van der Waals surface area contributed by atoms with Gasteiger partial charge in [-0.1, -0.05) is 32.0 Å². The van der Waals surface area contributed by atoms with Gasteiger partial charge in [-0.15, -0.1) is 0 Å². The number of carbonyl (C=O) groups is 1. The Morgan fingerprint density at radius 2 is 2.08 bits per heavy atom. The van der Waals surface area contributed by atoms with E-state index in [4.69, 9.17) is 4.74 Å². The van der Waals surface area contributed by atoms with Gasteiger partial charge in [0, 0.05) is 5.56 Å². The molecule has 0 saturated carbocycles. The van der Waals surface area contributed by atoms with E-state index in [-0.39, 0.29) is 17.3 Å². The van der Waals surface area contributed by atoms with Gasteiger partial charge in [-0.3, -0.25) is 4.79 Å². The number of hydrogen-bond donors (Lipinski definition) is 1. The monoisotopic (exact) mass is 441 g/mol. The molecule has 0 fully saturated rings. The minimum atomic E-state index is -0.414. The molecule has 0 bridgehead atoms. The number of ether oxygens (including phenoxy) is 1. The van der Waals surface area contributed by atoms with Gasteiger partial charge >= 0.3 is 0 Å². The highest BCUT2D eigenvalue weighted by molar-refractivity contribution is 9.10. The second kappa shape index (κ2) is 8.19. The highest BCUT2D eigenvalue weighted by Gasteiger charge is 2.27. The SMILES string of the molecule is CCCC(Nc1nc(SCC)nc2c(F)c(Br)c3c(c12)COC3)C(C)=O. The molecule has 1 aromatic heterocycles. The van der Waals surface area contributed by atoms with E-state index in [1.165, 1.54) is 11.8 Å². The van der Waals surface area contributed by atoms with Crippen LogP contribution in [-0.4, -0.2) is 27.5 Å². The van der Waals surface area contributed by atoms with Crippen LogP contribution in [0.3, 0.4) is 0 Å². The number of nitrogens with zero attached hydrogens (tertiary/aromatic N) is 2. The molecular formula is C18H21BrFN3O2S. The fraction of sp³-hybridized carbons (Fsp3) is 0.500. The fourth-order valence-electron chi connectivity index (χ4n) is 3.10. The summed E-state index contributed by atoms with van der Waals surface area (Å²) in [5, 5.41) is 4.35. The van der Waals surface area contributed by atoms with E-state index in [0.717, 1.165) is 23.3 Å². The molecule has 2 heterocycles. The molecule has 8 heteroatoms. The van der Waals surface area contributed by atoms with Crippen LogP contribution in [0.25, 0.3) is 10.9 Å². The van der Waals surface area contributed by atoms with Gasteiger partial charge in [0.25, 0.3) is 0 Å². The van der Waals surface area contributed by atoms with Gasteiger partial charge in [-0.05, 0) is 40.6 Å². The van der Waals surface area contributed by atoms with E-state index in [2.05, 4.69) is 31.2 Å². The lowest BCUT2D eigenvalue weighted by Gasteiger charge is -2.19. The van der Waals surface area contributed by atoms with Gasteiger partial charge in [0.05, 0.1) is 29.1 Å². The standard InChI is InChI=1S/C18H21BrFN3O2S/c1-4-6-12(9(3)24)21-17-13-10-7-25-8-11(10)14(19)15(20)16(13)22-18(23-17)26-5-2/h12H,4-8H2,1-3H3,(H,21,22,23). The summed E-state index contributed by atoms with van der Waals surface area (Å²) in [6.45, 7) is 6.30. The molecule has 0 aliphatic carbocycles. The Morgan fingerprint density at radius 1 is 1.35 bits per heavy atom. The van der Waals surface area contributed by atoms with Crippen LogP contribution in [0.2, 0.25) is 0 Å². The molecule has 1 aromatic carbocycles. The van der Waals surface area contributed by atoms with Crippen molar-refractivity contribution in [2.45, 2.75) is 58.0 Å². The molecular weight excluding hydrogens is 421 g/mol. The van der Waals surface area contributed by atoms with Crippen molar-refractivity contribution in [2.75, 3.05) is 11.1 Å². The summed E-state index contributed by atoms with van der Waals surface area (Å²) in [6.07, 6.45) is 1.55. The minimum Gasteiger partial charge on any atom is -0.372 e. The van der Waals surface area contributed by atoms with E-state index < -0.39 is 5.82 Å². The topological polar surface area (TPSA) is 64.1 Å². The summed E-state index contributed by atoms with van der Waals surface area (Å²) in [5.74, 6) is 0.899. The first kappa shape index (κ1) is 19.5. The Hall–Kier alpha value is -1.25. The quantitative estimate of drug-likeness (QED) is 0.489. The summed E-state index contributed by atoms with van der Waals surface area (Å²) < 4.78 is 20.9. The highest BCUT2D eigenvalue weighted by Crippen LogP contribution is 2.40. The molecule has 1 N–H and O–H groups in total. The molecule has 0 spiro atoms. The molecule has 1 aliphatic heterocycles. The van der Waals surface area contributed by atoms with E-state index >= 15 is 4.39 Å². The van der Waals surface area contributed by atoms with E-state index in [1.54, 1.807) is 6.92 Å². The van der Waals surface area contributed by atoms with Crippen LogP contribution >= 0.6 is 27.7 Å². The molecule has 2 aromatic rings. The first-order chi connectivity index (χ1) is 12.5. The fourth-order valence-corrected chi connectivity index (χ4v) is 4.21. The number of rotatable bonds is 7. The number of ketones is 1. The van der Waals surface area contributed by atoms with Gasteiger partial charge in [0.15, 0.2) is 16.8 Å². The zero-order valence-electron chi connectivity index (χ0n) is 15.0. The predicted octanol–water partition coefficient (Wildman–Crippen LogP) is 4.84. The van der Waals surface area contributed by atoms with Gasteiger partial charge in [-0.25, -0.2) is 14.4 Å². The van der Waals surface area contributed by atoms with Crippen LogP contribution in [0, 0.1) is 5.82 Å². The Kier molecular flexibility index (Phi) is 6.14. The number of thioether (sulfide) groups is 1. The summed E-state index contributed by atoms with van der Waals surface area (Å²) >= 11 is 4.78. The molecule has 0 radical (unpaired) electrons. The van der Waals surface area contributed by atoms with Crippen LogP contribution in [0.5, 0.6) is 0 Å². The van der Waals surface area contributed by atoms with Crippen molar-refractivity contribution >= 4 is 50.2 Å². The zero-order chi connectivity index (χ0) is 18.8. The molecule has 0 amide bonds. The average Bonchev–Trinajstić information content (AvgIpc) is 3.09. The van der Waals surface area contributed by atoms with Crippen molar-refractivity contribution in [3.8, 4) is 0 Å². The molecule has 1 atom stereocenters. The lowest BCUT2D eigenvalue weighted by Crippen LogP contribution is -2.28. The van der Waals surface area contributed by atoms with E-state index in [9.17, 15) is 4.79 Å². The molecule has 140 valence electrons. The third-order valence-electron chi connectivity index (χ3n) is 4.37. The highest BCUT2D eigenvalue weighted by atomic mass is 79.9. The number of fused-ring (bicyclic) bond motifs is 3. The lowest BCUT2D eigenvalue weighted by atomic mass is 10.0. The third-order valence-corrected chi connectivity index (χ3v) is 5.92. The molecule has 26 heavy (non-hydrogen) atoms. The number of halogens is 2. The summed E-state index contributed by atoms with van der Waals surface area (Å²) in [6, 6.07) is -0.359. The van der Waals surface area contributed by atoms with Gasteiger partial charge in [-0.2, -0.15) is 0 Å². The Morgan fingerprint density at radius 3 is 2.73 bits per heavy atom. The van der Waals surface area contributed by atoms with E-state index in [1.807, 2.05) is 13.8 Å². The van der Waals surface area contributed by atoms with Crippen molar-refractivity contribution in [3.05, 3.63) is 21.4 Å². The summed E-state index contributed by atoms with van der Waals surface area (Å²) in [4.78, 5) is 21.0. The van der Waals surface area contributed by atoms with Crippen molar-refractivity contribution in [1.82, 2.24) is 9.97 Å². The van der Waals surface area contributed by atoms with Crippen molar-refractivity contribution in [3.63, 3.8) is 0 Å². The van der Waals surface area contributed by atoms with Gasteiger partial charge < -0.3 is 10.1 Å². The second-order valence-electron chi connectivity index (χ2n) is 6.19. The Bertz CT molecular complexity index is 862. The zero-order valence-corrected chi connectivity index (χ0v) is 17.4. The number of Topliss-reactive ketones (excluding diaryl/α,β-unsaturated/α-hetero) is 1.